The first-order valence-electron chi connectivity index (χ1n) is 17.1. The van der Waals surface area contributed by atoms with E-state index in [9.17, 15) is 29.7 Å². The molecule has 4 unspecified atom stereocenters. The minimum atomic E-state index is -1.56. The first-order chi connectivity index (χ1) is 23.0. The summed E-state index contributed by atoms with van der Waals surface area (Å²) in [5.41, 5.74) is -1.96. The van der Waals surface area contributed by atoms with Crippen molar-refractivity contribution in [3.05, 3.63) is 71.8 Å². The Bertz CT molecular complexity index is 1350. The van der Waals surface area contributed by atoms with Crippen molar-refractivity contribution in [1.82, 2.24) is 5.32 Å². The number of cyclic esters (lactones) is 1. The van der Waals surface area contributed by atoms with E-state index in [0.717, 1.165) is 6.42 Å². The van der Waals surface area contributed by atoms with Gasteiger partial charge in [-0.3, -0.25) is 14.4 Å². The molecule has 11 atom stereocenters. The third-order valence-corrected chi connectivity index (χ3v) is 9.51. The first kappa shape index (κ1) is 40.1. The molecule has 2 heterocycles. The van der Waals surface area contributed by atoms with Crippen molar-refractivity contribution in [2.45, 2.75) is 128 Å². The Morgan fingerprint density at radius 3 is 2.47 bits per heavy atom. The highest BCUT2D eigenvalue weighted by molar-refractivity contribution is 5.94. The molecule has 3 rings (SSSR count). The largest absolute Gasteiger partial charge is 0.457 e. The maximum absolute atomic E-state index is 13.3. The average molecular weight is 686 g/mol. The van der Waals surface area contributed by atoms with Crippen LogP contribution in [-0.2, 0) is 28.5 Å². The molecule has 11 nitrogen and oxygen atoms in total. The molecule has 49 heavy (non-hydrogen) atoms. The smallest absolute Gasteiger partial charge is 0.309 e. The number of aliphatic hydroxyl groups excluding tert-OH is 1. The van der Waals surface area contributed by atoms with Gasteiger partial charge in [0.25, 0.3) is 5.91 Å². The van der Waals surface area contributed by atoms with Crippen molar-refractivity contribution in [3.63, 3.8) is 0 Å². The molecule has 0 spiro atoms. The van der Waals surface area contributed by atoms with E-state index in [2.05, 4.69) is 5.32 Å². The number of benzene rings is 1. The van der Waals surface area contributed by atoms with Gasteiger partial charge in [0.05, 0.1) is 30.8 Å². The Labute approximate surface area is 290 Å². The van der Waals surface area contributed by atoms with Gasteiger partial charge in [-0.25, -0.2) is 0 Å². The lowest BCUT2D eigenvalue weighted by Crippen LogP contribution is -2.54. The summed E-state index contributed by atoms with van der Waals surface area (Å²) in [7, 11) is 1.66. The topological polar surface area (TPSA) is 164 Å². The van der Waals surface area contributed by atoms with E-state index in [0.29, 0.717) is 11.1 Å². The molecule has 4 N–H and O–H groups in total. The first-order valence-corrected chi connectivity index (χ1v) is 17.1. The number of amides is 1. The fourth-order valence-electron chi connectivity index (χ4n) is 6.39. The van der Waals surface area contributed by atoms with Crippen molar-refractivity contribution < 1.29 is 48.7 Å². The number of aliphatic hydroxyl groups is 3. The summed E-state index contributed by atoms with van der Waals surface area (Å²) in [4.78, 5) is 37.9. The van der Waals surface area contributed by atoms with Crippen LogP contribution in [0.4, 0.5) is 0 Å². The SMILES string of the molecule is CC[C@H](OC)[C@@H](C)[C@H]1O[C@@H]1C(NC(=O)c1ccccc1)C(C)(O)C=CC=C(C)C1OC(=O)C[C@H](O)CCC(C)(O)[C@@H](OC(C)=O)C=C[C@@H]1C. The minimum Gasteiger partial charge on any atom is -0.457 e. The predicted molar refractivity (Wildman–Crippen MR) is 184 cm³/mol. The van der Waals surface area contributed by atoms with Crippen molar-refractivity contribution in [3.8, 4) is 0 Å². The van der Waals surface area contributed by atoms with Crippen LogP contribution in [0.1, 0.15) is 84.5 Å². The summed E-state index contributed by atoms with van der Waals surface area (Å²) in [6.45, 7) is 12.0. The summed E-state index contributed by atoms with van der Waals surface area (Å²) in [5, 5.41) is 36.4. The van der Waals surface area contributed by atoms with Crippen LogP contribution in [-0.4, -0.2) is 94.1 Å². The van der Waals surface area contributed by atoms with Gasteiger partial charge >= 0.3 is 11.9 Å². The molecule has 0 radical (unpaired) electrons. The molecule has 11 heteroatoms. The van der Waals surface area contributed by atoms with Crippen LogP contribution < -0.4 is 5.32 Å². The zero-order chi connectivity index (χ0) is 36.5. The van der Waals surface area contributed by atoms with Gasteiger partial charge in [-0.1, -0.05) is 63.3 Å². The van der Waals surface area contributed by atoms with Crippen LogP contribution in [0.15, 0.2) is 66.3 Å². The van der Waals surface area contributed by atoms with Crippen molar-refractivity contribution in [1.29, 1.82) is 0 Å². The molecule has 2 aliphatic heterocycles. The monoisotopic (exact) mass is 685 g/mol. The number of carbonyl (C=O) groups excluding carboxylic acids is 3. The van der Waals surface area contributed by atoms with Gasteiger partial charge in [-0.05, 0) is 63.8 Å². The maximum Gasteiger partial charge on any atom is 0.309 e. The number of allylic oxidation sites excluding steroid dienone is 2. The number of carbonyl (C=O) groups is 3. The fourth-order valence-corrected chi connectivity index (χ4v) is 6.39. The molecule has 272 valence electrons. The van der Waals surface area contributed by atoms with Gasteiger partial charge in [0.1, 0.15) is 29.5 Å². The second-order valence-electron chi connectivity index (χ2n) is 13.9. The van der Waals surface area contributed by atoms with Gasteiger partial charge in [-0.15, -0.1) is 0 Å². The molecule has 0 aliphatic carbocycles. The molecular weight excluding hydrogens is 630 g/mol. The molecule has 2 aliphatic rings. The van der Waals surface area contributed by atoms with Gasteiger partial charge < -0.3 is 39.6 Å². The lowest BCUT2D eigenvalue weighted by atomic mass is 9.87. The molecule has 1 amide bonds. The Balaban J connectivity index is 1.89. The molecule has 1 aromatic rings. The predicted octanol–water partition coefficient (Wildman–Crippen LogP) is 4.20. The van der Waals surface area contributed by atoms with E-state index in [1.807, 2.05) is 26.8 Å². The standard InChI is InChI=1S/C38H55NO10/c1-9-29(46-8)25(4)33-34(49-33)35(39-36(43)27-15-11-10-12-16-27)38(7,45)20-13-14-23(2)32-24(3)17-18-30(47-26(5)40)37(6,44)21-19-28(41)22-31(42)48-32/h10-18,20,24-25,28-30,32-35,41,44-45H,9,19,21-22H2,1-8H3,(H,39,43)/t24-,25+,28+,29-,30-,32?,33+,34-,35?,37?,38?/m0/s1. The zero-order valence-electron chi connectivity index (χ0n) is 30.0. The summed E-state index contributed by atoms with van der Waals surface area (Å²) in [5.74, 6) is -1.92. The molecule has 0 bridgehead atoms. The van der Waals surface area contributed by atoms with Crippen LogP contribution >= 0.6 is 0 Å². The van der Waals surface area contributed by atoms with Crippen LogP contribution in [0.25, 0.3) is 0 Å². The normalized spacial score (nSPS) is 31.3. The second kappa shape index (κ2) is 17.5. The van der Waals surface area contributed by atoms with E-state index in [1.165, 1.54) is 13.8 Å². The maximum atomic E-state index is 13.3. The Kier molecular flexibility index (Phi) is 14.3. The average Bonchev–Trinajstić information content (AvgIpc) is 3.83. The number of methoxy groups -OCH3 is 1. The van der Waals surface area contributed by atoms with E-state index in [1.54, 1.807) is 75.6 Å². The van der Waals surface area contributed by atoms with Gasteiger partial charge in [0, 0.05) is 31.4 Å². The van der Waals surface area contributed by atoms with E-state index in [-0.39, 0.29) is 43.3 Å². The number of ether oxygens (including phenoxy) is 4. The summed E-state index contributed by atoms with van der Waals surface area (Å²) in [6, 6.07) is 7.94. The van der Waals surface area contributed by atoms with Crippen molar-refractivity contribution in [2.24, 2.45) is 11.8 Å². The van der Waals surface area contributed by atoms with Gasteiger partial charge in [-0.2, -0.15) is 0 Å². The molecular formula is C38H55NO10. The lowest BCUT2D eigenvalue weighted by molar-refractivity contribution is -0.157. The van der Waals surface area contributed by atoms with E-state index >= 15 is 0 Å². The van der Waals surface area contributed by atoms with Crippen LogP contribution in [0, 0.1) is 11.8 Å². The lowest BCUT2D eigenvalue weighted by Gasteiger charge is -2.32. The molecule has 0 aromatic heterocycles. The number of rotatable bonds is 12. The second-order valence-corrected chi connectivity index (χ2v) is 13.9. The number of nitrogens with one attached hydrogen (secondary N) is 1. The van der Waals surface area contributed by atoms with E-state index < -0.39 is 59.5 Å². The third kappa shape index (κ3) is 11.3. The highest BCUT2D eigenvalue weighted by Gasteiger charge is 2.54. The van der Waals surface area contributed by atoms with Crippen LogP contribution in [0.3, 0.4) is 0 Å². The summed E-state index contributed by atoms with van der Waals surface area (Å²) in [6.07, 6.45) is 5.34. The van der Waals surface area contributed by atoms with Crippen LogP contribution in [0.2, 0.25) is 0 Å². The van der Waals surface area contributed by atoms with Gasteiger partial charge in [0.15, 0.2) is 0 Å². The van der Waals surface area contributed by atoms with Crippen LogP contribution in [0.5, 0.6) is 0 Å². The number of esters is 2. The highest BCUT2D eigenvalue weighted by Crippen LogP contribution is 2.39. The Morgan fingerprint density at radius 2 is 1.86 bits per heavy atom. The molecule has 1 fully saturated rings. The summed E-state index contributed by atoms with van der Waals surface area (Å²) < 4.78 is 22.9. The Morgan fingerprint density at radius 1 is 1.18 bits per heavy atom. The molecule has 0 saturated carbocycles. The highest BCUT2D eigenvalue weighted by atomic mass is 16.6. The van der Waals surface area contributed by atoms with Crippen molar-refractivity contribution >= 4 is 17.8 Å². The number of hydrogen-bond acceptors (Lipinski definition) is 10. The zero-order valence-corrected chi connectivity index (χ0v) is 30.0. The summed E-state index contributed by atoms with van der Waals surface area (Å²) >= 11 is 0. The molecule has 1 aromatic carbocycles. The Hall–Kier alpha value is -3.35. The third-order valence-electron chi connectivity index (χ3n) is 9.51. The van der Waals surface area contributed by atoms with E-state index in [4.69, 9.17) is 18.9 Å². The molecule has 1 saturated heterocycles. The number of epoxide rings is 1. The quantitative estimate of drug-likeness (QED) is 0.109. The minimum absolute atomic E-state index is 0.0195. The number of hydrogen-bond donors (Lipinski definition) is 4. The fraction of sp³-hybridized carbons (Fsp3) is 0.605. The van der Waals surface area contributed by atoms with Gasteiger partial charge in [0.2, 0.25) is 0 Å². The van der Waals surface area contributed by atoms with Crippen molar-refractivity contribution in [2.75, 3.05) is 7.11 Å².